The van der Waals surface area contributed by atoms with Gasteiger partial charge in [-0.1, -0.05) is 0 Å². The van der Waals surface area contributed by atoms with Crippen LogP contribution in [0.15, 0.2) is 39.8 Å². The summed E-state index contributed by atoms with van der Waals surface area (Å²) in [4.78, 5) is 20.5. The minimum atomic E-state index is -1.78. The SMILES string of the molecule is O=C(O)c1ccc(S(=O)Cc2cc(F)cc([N+](=O)[O-])c2)o1. The number of hydrogen-bond donors (Lipinski definition) is 1. The van der Waals surface area contributed by atoms with Crippen molar-refractivity contribution in [3.05, 3.63) is 57.6 Å². The van der Waals surface area contributed by atoms with E-state index in [9.17, 15) is 23.5 Å². The molecule has 0 aliphatic carbocycles. The fourth-order valence-corrected chi connectivity index (χ4v) is 2.62. The Hall–Kier alpha value is -2.55. The highest BCUT2D eigenvalue weighted by Gasteiger charge is 2.16. The molecule has 0 amide bonds. The number of nitro groups is 1. The first-order chi connectivity index (χ1) is 9.86. The molecule has 0 saturated carbocycles. The zero-order valence-corrected chi connectivity index (χ0v) is 11.1. The minimum Gasteiger partial charge on any atom is -0.475 e. The van der Waals surface area contributed by atoms with Gasteiger partial charge >= 0.3 is 5.97 Å². The van der Waals surface area contributed by atoms with Crippen LogP contribution in [0.3, 0.4) is 0 Å². The van der Waals surface area contributed by atoms with Gasteiger partial charge in [0.25, 0.3) is 5.69 Å². The quantitative estimate of drug-likeness (QED) is 0.670. The largest absolute Gasteiger partial charge is 0.475 e. The lowest BCUT2D eigenvalue weighted by molar-refractivity contribution is -0.385. The number of nitrogens with zero attached hydrogens (tertiary/aromatic N) is 1. The maximum Gasteiger partial charge on any atom is 0.371 e. The van der Waals surface area contributed by atoms with Gasteiger partial charge < -0.3 is 9.52 Å². The third-order valence-electron chi connectivity index (χ3n) is 2.47. The Kier molecular flexibility index (Phi) is 4.13. The van der Waals surface area contributed by atoms with Crippen LogP contribution >= 0.6 is 0 Å². The summed E-state index contributed by atoms with van der Waals surface area (Å²) in [7, 11) is -1.78. The topological polar surface area (TPSA) is 111 Å². The van der Waals surface area contributed by atoms with Gasteiger partial charge in [-0.15, -0.1) is 0 Å². The Balaban J connectivity index is 2.22. The molecule has 0 radical (unpaired) electrons. The molecule has 1 atom stereocenters. The average Bonchev–Trinajstić information content (AvgIpc) is 2.87. The number of nitro benzene ring substituents is 1. The van der Waals surface area contributed by atoms with E-state index in [0.29, 0.717) is 0 Å². The molecule has 0 saturated heterocycles. The molecule has 1 unspecified atom stereocenters. The number of hydrogen-bond acceptors (Lipinski definition) is 5. The fourth-order valence-electron chi connectivity index (χ4n) is 1.60. The van der Waals surface area contributed by atoms with Gasteiger partial charge in [-0.05, 0) is 23.8 Å². The molecule has 0 aliphatic heterocycles. The van der Waals surface area contributed by atoms with Gasteiger partial charge in [0.1, 0.15) is 5.82 Å². The van der Waals surface area contributed by atoms with Crippen LogP contribution in [0.5, 0.6) is 0 Å². The number of furan rings is 1. The summed E-state index contributed by atoms with van der Waals surface area (Å²) < 4.78 is 30.1. The Labute approximate surface area is 119 Å². The van der Waals surface area contributed by atoms with Crippen molar-refractivity contribution in [2.45, 2.75) is 10.8 Å². The third-order valence-corrected chi connectivity index (χ3v) is 3.73. The van der Waals surface area contributed by atoms with Gasteiger partial charge in [0.05, 0.1) is 27.5 Å². The molecular weight excluding hydrogens is 305 g/mol. The number of rotatable bonds is 5. The summed E-state index contributed by atoms with van der Waals surface area (Å²) in [6.45, 7) is 0. The van der Waals surface area contributed by atoms with Crippen molar-refractivity contribution in [3.8, 4) is 0 Å². The number of aromatic carboxylic acids is 1. The van der Waals surface area contributed by atoms with E-state index in [1.807, 2.05) is 0 Å². The highest BCUT2D eigenvalue weighted by molar-refractivity contribution is 7.84. The molecule has 0 fully saturated rings. The molecule has 7 nitrogen and oxygen atoms in total. The second kappa shape index (κ2) is 5.83. The van der Waals surface area contributed by atoms with Gasteiger partial charge in [-0.3, -0.25) is 14.3 Å². The lowest BCUT2D eigenvalue weighted by Gasteiger charge is -2.01. The number of benzene rings is 1. The molecule has 0 aliphatic rings. The third kappa shape index (κ3) is 3.51. The van der Waals surface area contributed by atoms with Crippen LogP contribution in [-0.4, -0.2) is 20.2 Å². The molecular formula is C12H8FNO6S. The summed E-state index contributed by atoms with van der Waals surface area (Å²) in [5.74, 6) is -2.73. The van der Waals surface area contributed by atoms with Crippen LogP contribution in [0.25, 0.3) is 0 Å². The van der Waals surface area contributed by atoms with E-state index in [-0.39, 0.29) is 22.2 Å². The summed E-state index contributed by atoms with van der Waals surface area (Å²) in [6, 6.07) is 5.24. The molecule has 21 heavy (non-hydrogen) atoms. The average molecular weight is 313 g/mol. The standard InChI is InChI=1S/C12H8FNO6S/c13-8-3-7(4-9(5-8)14(17)18)6-21(19)11-2-1-10(20-11)12(15)16/h1-5H,6H2,(H,15,16). The van der Waals surface area contributed by atoms with Crippen molar-refractivity contribution in [3.63, 3.8) is 0 Å². The van der Waals surface area contributed by atoms with Crippen molar-refractivity contribution >= 4 is 22.5 Å². The summed E-state index contributed by atoms with van der Waals surface area (Å²) >= 11 is 0. The van der Waals surface area contributed by atoms with E-state index in [2.05, 4.69) is 0 Å². The van der Waals surface area contributed by atoms with Crippen molar-refractivity contribution in [2.24, 2.45) is 0 Å². The smallest absolute Gasteiger partial charge is 0.371 e. The highest BCUT2D eigenvalue weighted by atomic mass is 32.2. The first-order valence-electron chi connectivity index (χ1n) is 5.52. The van der Waals surface area contributed by atoms with E-state index in [0.717, 1.165) is 24.3 Å². The molecule has 1 aromatic heterocycles. The zero-order chi connectivity index (χ0) is 15.6. The number of carboxylic acids is 1. The van der Waals surface area contributed by atoms with Gasteiger partial charge in [0.15, 0.2) is 5.09 Å². The van der Waals surface area contributed by atoms with E-state index < -0.39 is 33.2 Å². The van der Waals surface area contributed by atoms with Crippen LogP contribution in [0.1, 0.15) is 16.1 Å². The minimum absolute atomic E-state index is 0.0979. The molecule has 1 aromatic carbocycles. The Morgan fingerprint density at radius 1 is 1.38 bits per heavy atom. The maximum absolute atomic E-state index is 13.2. The summed E-state index contributed by atoms with van der Waals surface area (Å²) in [5.41, 5.74) is -0.305. The lowest BCUT2D eigenvalue weighted by atomic mass is 10.2. The van der Waals surface area contributed by atoms with Crippen molar-refractivity contribution in [2.75, 3.05) is 0 Å². The van der Waals surface area contributed by atoms with E-state index in [1.54, 1.807) is 0 Å². The predicted molar refractivity (Wildman–Crippen MR) is 68.8 cm³/mol. The molecule has 0 bridgehead atoms. The maximum atomic E-state index is 13.2. The van der Waals surface area contributed by atoms with Crippen molar-refractivity contribution in [1.82, 2.24) is 0 Å². The van der Waals surface area contributed by atoms with Crippen LogP contribution in [-0.2, 0) is 16.6 Å². The van der Waals surface area contributed by atoms with Crippen molar-refractivity contribution < 1.29 is 27.8 Å². The number of halogens is 1. The molecule has 2 aromatic rings. The van der Waals surface area contributed by atoms with Crippen molar-refractivity contribution in [1.29, 1.82) is 0 Å². The zero-order valence-electron chi connectivity index (χ0n) is 10.3. The van der Waals surface area contributed by atoms with Gasteiger partial charge in [-0.2, -0.15) is 0 Å². The monoisotopic (exact) mass is 313 g/mol. The van der Waals surface area contributed by atoms with Crippen LogP contribution in [0.4, 0.5) is 10.1 Å². The molecule has 1 heterocycles. The van der Waals surface area contributed by atoms with Crippen LogP contribution in [0, 0.1) is 15.9 Å². The molecule has 2 rings (SSSR count). The summed E-state index contributed by atoms with van der Waals surface area (Å²) in [6.07, 6.45) is 0. The summed E-state index contributed by atoms with van der Waals surface area (Å²) in [5, 5.41) is 19.2. The Morgan fingerprint density at radius 2 is 2.10 bits per heavy atom. The first-order valence-corrected chi connectivity index (χ1v) is 6.84. The van der Waals surface area contributed by atoms with Crippen LogP contribution in [0.2, 0.25) is 0 Å². The van der Waals surface area contributed by atoms with E-state index in [4.69, 9.17) is 9.52 Å². The second-order valence-electron chi connectivity index (χ2n) is 3.99. The number of carboxylic acid groups (broad SMARTS) is 1. The molecule has 9 heteroatoms. The lowest BCUT2D eigenvalue weighted by Crippen LogP contribution is -1.98. The highest BCUT2D eigenvalue weighted by Crippen LogP contribution is 2.20. The van der Waals surface area contributed by atoms with Gasteiger partial charge in [0, 0.05) is 6.07 Å². The van der Waals surface area contributed by atoms with Gasteiger partial charge in [-0.25, -0.2) is 9.18 Å². The molecule has 1 N–H and O–H groups in total. The van der Waals surface area contributed by atoms with Crippen LogP contribution < -0.4 is 0 Å². The van der Waals surface area contributed by atoms with E-state index in [1.165, 1.54) is 6.07 Å². The second-order valence-corrected chi connectivity index (χ2v) is 5.37. The number of non-ortho nitro benzene ring substituents is 1. The fraction of sp³-hybridized carbons (Fsp3) is 0.0833. The number of carbonyl (C=O) groups is 1. The van der Waals surface area contributed by atoms with E-state index >= 15 is 0 Å². The van der Waals surface area contributed by atoms with Gasteiger partial charge in [0.2, 0.25) is 5.76 Å². The predicted octanol–water partition coefficient (Wildman–Crippen LogP) is 2.33. The normalized spacial score (nSPS) is 12.0. The Bertz CT molecular complexity index is 741. The molecule has 110 valence electrons. The first kappa shape index (κ1) is 14.9. The molecule has 0 spiro atoms. The Morgan fingerprint density at radius 3 is 2.67 bits per heavy atom.